The lowest BCUT2D eigenvalue weighted by atomic mass is 10.2. The maximum absolute atomic E-state index is 12.7. The zero-order valence-corrected chi connectivity index (χ0v) is 10.7. The van der Waals surface area contributed by atoms with Gasteiger partial charge in [0.25, 0.3) is 0 Å². The molecule has 1 heterocycles. The molecule has 2 aromatic rings. The summed E-state index contributed by atoms with van der Waals surface area (Å²) < 4.78 is 43.4. The number of nitrogens with zero attached hydrogens (tertiary/aromatic N) is 3. The van der Waals surface area contributed by atoms with Crippen molar-refractivity contribution in [1.29, 1.82) is 5.26 Å². The molecule has 0 aliphatic carbocycles. The van der Waals surface area contributed by atoms with Gasteiger partial charge in [0.2, 0.25) is 0 Å². The van der Waals surface area contributed by atoms with E-state index in [9.17, 15) is 18.0 Å². The zero-order valence-electron chi connectivity index (χ0n) is 10.7. The highest BCUT2D eigenvalue weighted by Crippen LogP contribution is 2.29. The molecule has 1 aromatic carbocycles. The van der Waals surface area contributed by atoms with Crippen molar-refractivity contribution in [3.05, 3.63) is 47.3 Å². The topological polar surface area (TPSA) is 67.9 Å². The van der Waals surface area contributed by atoms with Gasteiger partial charge in [-0.3, -0.25) is 0 Å². The van der Waals surface area contributed by atoms with Crippen molar-refractivity contribution in [2.45, 2.75) is 6.18 Å². The highest BCUT2D eigenvalue weighted by Gasteiger charge is 2.36. The molecule has 5 nitrogen and oxygen atoms in total. The van der Waals surface area contributed by atoms with E-state index in [1.807, 2.05) is 6.07 Å². The maximum atomic E-state index is 12.7. The summed E-state index contributed by atoms with van der Waals surface area (Å²) in [4.78, 5) is 11.6. The number of methoxy groups -OCH3 is 1. The van der Waals surface area contributed by atoms with Crippen LogP contribution in [0.15, 0.2) is 30.3 Å². The van der Waals surface area contributed by atoms with Crippen molar-refractivity contribution < 1.29 is 22.7 Å². The Hall–Kier alpha value is -2.82. The minimum absolute atomic E-state index is 0.157. The van der Waals surface area contributed by atoms with Crippen LogP contribution in [0.5, 0.6) is 0 Å². The van der Waals surface area contributed by atoms with Crippen LogP contribution in [-0.4, -0.2) is 22.9 Å². The first kappa shape index (κ1) is 14.6. The van der Waals surface area contributed by atoms with Gasteiger partial charge in [0.15, 0.2) is 11.4 Å². The van der Waals surface area contributed by atoms with Crippen LogP contribution in [0, 0.1) is 11.3 Å². The monoisotopic (exact) mass is 295 g/mol. The first-order valence-corrected chi connectivity index (χ1v) is 5.63. The summed E-state index contributed by atoms with van der Waals surface area (Å²) in [7, 11) is 1.05. The molecular formula is C13H8F3N3O2. The molecule has 2 rings (SSSR count). The van der Waals surface area contributed by atoms with Gasteiger partial charge in [-0.05, 0) is 18.2 Å². The predicted octanol–water partition coefficient (Wildman–Crippen LogP) is 2.55. The van der Waals surface area contributed by atoms with Crippen molar-refractivity contribution in [2.24, 2.45) is 0 Å². The third-order valence-electron chi connectivity index (χ3n) is 2.61. The molecule has 8 heteroatoms. The van der Waals surface area contributed by atoms with Crippen molar-refractivity contribution >= 4 is 5.97 Å². The van der Waals surface area contributed by atoms with Crippen molar-refractivity contribution in [3.63, 3.8) is 0 Å². The Morgan fingerprint density at radius 3 is 2.67 bits per heavy atom. The lowest BCUT2D eigenvalue weighted by Gasteiger charge is -2.06. The van der Waals surface area contributed by atoms with E-state index in [1.54, 1.807) is 0 Å². The number of rotatable bonds is 2. The highest BCUT2D eigenvalue weighted by atomic mass is 19.4. The summed E-state index contributed by atoms with van der Waals surface area (Å²) in [5.74, 6) is -0.958. The maximum Gasteiger partial charge on any atom is 0.435 e. The Bertz CT molecular complexity index is 729. The minimum atomic E-state index is -4.69. The molecule has 1 aromatic heterocycles. The fraction of sp³-hybridized carbons (Fsp3) is 0.154. The van der Waals surface area contributed by atoms with Gasteiger partial charge in [-0.1, -0.05) is 6.07 Å². The summed E-state index contributed by atoms with van der Waals surface area (Å²) in [6, 6.07) is 8.17. The summed E-state index contributed by atoms with van der Waals surface area (Å²) in [5, 5.41) is 12.2. The second kappa shape index (κ2) is 5.28. The molecule has 0 unspecified atom stereocenters. The van der Waals surface area contributed by atoms with Crippen LogP contribution < -0.4 is 0 Å². The first-order chi connectivity index (χ1) is 9.86. The van der Waals surface area contributed by atoms with Crippen molar-refractivity contribution in [1.82, 2.24) is 9.78 Å². The number of hydrogen-bond acceptors (Lipinski definition) is 4. The van der Waals surface area contributed by atoms with Gasteiger partial charge >= 0.3 is 12.1 Å². The number of hydrogen-bond donors (Lipinski definition) is 0. The number of aromatic nitrogens is 2. The van der Waals surface area contributed by atoms with Crippen LogP contribution in [0.25, 0.3) is 5.69 Å². The van der Waals surface area contributed by atoms with Gasteiger partial charge < -0.3 is 4.74 Å². The van der Waals surface area contributed by atoms with E-state index >= 15 is 0 Å². The van der Waals surface area contributed by atoms with Crippen LogP contribution >= 0.6 is 0 Å². The first-order valence-electron chi connectivity index (χ1n) is 5.63. The van der Waals surface area contributed by atoms with Gasteiger partial charge in [-0.2, -0.15) is 23.5 Å². The molecule has 0 fully saturated rings. The molecule has 108 valence electrons. The van der Waals surface area contributed by atoms with E-state index in [1.165, 1.54) is 24.3 Å². The SMILES string of the molecule is COC(=O)c1cc(C(F)(F)F)nn1-c1cccc(C#N)c1. The third kappa shape index (κ3) is 2.86. The number of alkyl halides is 3. The zero-order chi connectivity index (χ0) is 15.6. The smallest absolute Gasteiger partial charge is 0.435 e. The molecule has 0 saturated carbocycles. The predicted molar refractivity (Wildman–Crippen MR) is 64.6 cm³/mol. The molecule has 0 aliphatic heterocycles. The van der Waals surface area contributed by atoms with Gasteiger partial charge in [-0.25, -0.2) is 9.48 Å². The minimum Gasteiger partial charge on any atom is -0.464 e. The number of esters is 1. The molecule has 0 spiro atoms. The largest absolute Gasteiger partial charge is 0.464 e. The Labute approximate surface area is 117 Å². The number of carbonyl (C=O) groups is 1. The Kier molecular flexibility index (Phi) is 3.67. The molecule has 0 saturated heterocycles. The van der Waals surface area contributed by atoms with E-state index in [0.29, 0.717) is 6.07 Å². The summed E-state index contributed by atoms with van der Waals surface area (Å²) in [6.45, 7) is 0. The number of halogens is 3. The summed E-state index contributed by atoms with van der Waals surface area (Å²) in [5.41, 5.74) is -1.21. The van der Waals surface area contributed by atoms with E-state index in [-0.39, 0.29) is 16.9 Å². The Morgan fingerprint density at radius 1 is 1.38 bits per heavy atom. The second-order valence-corrected chi connectivity index (χ2v) is 3.98. The number of benzene rings is 1. The number of nitriles is 1. The van der Waals surface area contributed by atoms with Crippen molar-refractivity contribution in [2.75, 3.05) is 7.11 Å². The summed E-state index contributed by atoms with van der Waals surface area (Å²) >= 11 is 0. The molecule has 0 radical (unpaired) electrons. The molecule has 0 atom stereocenters. The molecule has 0 amide bonds. The van der Waals surface area contributed by atoms with E-state index in [2.05, 4.69) is 9.84 Å². The normalized spacial score (nSPS) is 11.0. The Balaban J connectivity index is 2.63. The molecule has 0 aliphatic rings. The van der Waals surface area contributed by atoms with Crippen LogP contribution in [0.2, 0.25) is 0 Å². The Morgan fingerprint density at radius 2 is 2.10 bits per heavy atom. The average Bonchev–Trinajstić information content (AvgIpc) is 2.91. The summed E-state index contributed by atoms with van der Waals surface area (Å²) in [6.07, 6.45) is -4.69. The molecule has 0 bridgehead atoms. The van der Waals surface area contributed by atoms with Crippen LogP contribution in [0.3, 0.4) is 0 Å². The van der Waals surface area contributed by atoms with Gasteiger partial charge in [0.05, 0.1) is 24.4 Å². The van der Waals surface area contributed by atoms with Crippen LogP contribution in [-0.2, 0) is 10.9 Å². The lowest BCUT2D eigenvalue weighted by molar-refractivity contribution is -0.141. The molecular weight excluding hydrogens is 287 g/mol. The third-order valence-corrected chi connectivity index (χ3v) is 2.61. The molecule has 0 N–H and O–H groups in total. The van der Waals surface area contributed by atoms with Gasteiger partial charge in [0, 0.05) is 6.07 Å². The number of ether oxygens (including phenoxy) is 1. The van der Waals surface area contributed by atoms with Crippen LogP contribution in [0.1, 0.15) is 21.7 Å². The van der Waals surface area contributed by atoms with E-state index in [4.69, 9.17) is 5.26 Å². The van der Waals surface area contributed by atoms with Crippen molar-refractivity contribution in [3.8, 4) is 11.8 Å². The fourth-order valence-corrected chi connectivity index (χ4v) is 1.67. The lowest BCUT2D eigenvalue weighted by Crippen LogP contribution is -2.10. The van der Waals surface area contributed by atoms with Gasteiger partial charge in [0.1, 0.15) is 0 Å². The molecule has 21 heavy (non-hydrogen) atoms. The quantitative estimate of drug-likeness (QED) is 0.798. The van der Waals surface area contributed by atoms with E-state index < -0.39 is 17.8 Å². The van der Waals surface area contributed by atoms with Crippen LogP contribution in [0.4, 0.5) is 13.2 Å². The number of carbonyl (C=O) groups excluding carboxylic acids is 1. The van der Waals surface area contributed by atoms with E-state index in [0.717, 1.165) is 11.8 Å². The van der Waals surface area contributed by atoms with Gasteiger partial charge in [-0.15, -0.1) is 0 Å². The average molecular weight is 295 g/mol. The standard InChI is InChI=1S/C13H8F3N3O2/c1-21-12(20)10-6-11(13(14,15)16)18-19(10)9-4-2-3-8(5-9)7-17/h2-6H,1H3. The highest BCUT2D eigenvalue weighted by molar-refractivity contribution is 5.88. The fourth-order valence-electron chi connectivity index (χ4n) is 1.67. The second-order valence-electron chi connectivity index (χ2n) is 3.98.